The third kappa shape index (κ3) is 4.16. The summed E-state index contributed by atoms with van der Waals surface area (Å²) in [6.45, 7) is 2.39. The molecule has 0 aromatic heterocycles. The number of carbonyl (C=O) groups is 2. The van der Waals surface area contributed by atoms with Crippen LogP contribution >= 0.6 is 11.6 Å². The summed E-state index contributed by atoms with van der Waals surface area (Å²) >= 11 is 6.14. The second-order valence-electron chi connectivity index (χ2n) is 7.13. The molecule has 152 valence electrons. The van der Waals surface area contributed by atoms with Gasteiger partial charge >= 0.3 is 0 Å². The topological polar surface area (TPSA) is 58.6 Å². The zero-order chi connectivity index (χ0) is 21.1. The van der Waals surface area contributed by atoms with Crippen molar-refractivity contribution in [1.29, 1.82) is 0 Å². The largest absolute Gasteiger partial charge is 0.483 e. The highest BCUT2D eigenvalue weighted by atomic mass is 35.5. The van der Waals surface area contributed by atoms with E-state index in [2.05, 4.69) is 5.32 Å². The van der Waals surface area contributed by atoms with Crippen molar-refractivity contribution < 1.29 is 14.3 Å². The highest BCUT2D eigenvalue weighted by Gasteiger charge is 2.24. The Balaban J connectivity index is 1.45. The first-order chi connectivity index (χ1) is 14.5. The Morgan fingerprint density at radius 1 is 1.07 bits per heavy atom. The number of ether oxygens (including phenoxy) is 1. The zero-order valence-corrected chi connectivity index (χ0v) is 17.3. The van der Waals surface area contributed by atoms with Crippen LogP contribution < -0.4 is 15.0 Å². The number of aryl methyl sites for hydroxylation is 1. The van der Waals surface area contributed by atoms with E-state index in [4.69, 9.17) is 16.3 Å². The van der Waals surface area contributed by atoms with Crippen molar-refractivity contribution in [1.82, 2.24) is 0 Å². The van der Waals surface area contributed by atoms with E-state index in [9.17, 15) is 9.59 Å². The molecule has 1 heterocycles. The molecule has 6 heteroatoms. The van der Waals surface area contributed by atoms with Crippen LogP contribution in [0.2, 0.25) is 5.02 Å². The van der Waals surface area contributed by atoms with Gasteiger partial charge in [0.05, 0.1) is 5.56 Å². The van der Waals surface area contributed by atoms with Crippen molar-refractivity contribution in [2.24, 2.45) is 0 Å². The number of carbonyl (C=O) groups excluding carboxylic acids is 2. The van der Waals surface area contributed by atoms with E-state index >= 15 is 0 Å². The predicted octanol–water partition coefficient (Wildman–Crippen LogP) is 4.87. The van der Waals surface area contributed by atoms with Gasteiger partial charge in [-0.15, -0.1) is 0 Å². The second kappa shape index (κ2) is 8.59. The first-order valence-corrected chi connectivity index (χ1v) is 10.1. The van der Waals surface area contributed by atoms with Gasteiger partial charge in [0.1, 0.15) is 5.75 Å². The predicted molar refractivity (Wildman–Crippen MR) is 119 cm³/mol. The molecule has 0 aliphatic carbocycles. The Kier molecular flexibility index (Phi) is 5.72. The van der Waals surface area contributed by atoms with Crippen molar-refractivity contribution in [3.63, 3.8) is 0 Å². The monoisotopic (exact) mass is 420 g/mol. The van der Waals surface area contributed by atoms with Gasteiger partial charge in [0.25, 0.3) is 11.8 Å². The van der Waals surface area contributed by atoms with Gasteiger partial charge in [-0.2, -0.15) is 0 Å². The molecule has 0 radical (unpaired) electrons. The fourth-order valence-electron chi connectivity index (χ4n) is 3.46. The number of anilines is 2. The Bertz CT molecular complexity index is 1110. The van der Waals surface area contributed by atoms with Gasteiger partial charge in [-0.3, -0.25) is 9.59 Å². The van der Waals surface area contributed by atoms with Gasteiger partial charge in [-0.25, -0.2) is 0 Å². The molecule has 0 unspecified atom stereocenters. The lowest BCUT2D eigenvalue weighted by Gasteiger charge is -2.18. The van der Waals surface area contributed by atoms with E-state index in [1.165, 1.54) is 0 Å². The molecule has 3 aromatic rings. The molecule has 4 rings (SSSR count). The number of halogens is 1. The maximum absolute atomic E-state index is 12.8. The molecule has 1 N–H and O–H groups in total. The summed E-state index contributed by atoms with van der Waals surface area (Å²) in [6.07, 6.45) is 0.833. The van der Waals surface area contributed by atoms with E-state index < -0.39 is 0 Å². The van der Waals surface area contributed by atoms with Crippen LogP contribution in [0.25, 0.3) is 0 Å². The standard InChI is InChI=1S/C24H21ClN2O3/c1-16-10-11-18(14-20(16)25)26-24(29)19-7-3-5-9-22(19)30-15-23(28)27-13-12-17-6-2-4-8-21(17)27/h2-11,14H,12-13,15H2,1H3,(H,26,29). The maximum Gasteiger partial charge on any atom is 0.264 e. The molecular weight excluding hydrogens is 400 g/mol. The maximum atomic E-state index is 12.8. The smallest absolute Gasteiger partial charge is 0.264 e. The average Bonchev–Trinajstić information content (AvgIpc) is 3.19. The van der Waals surface area contributed by atoms with Crippen LogP contribution in [-0.2, 0) is 11.2 Å². The highest BCUT2D eigenvalue weighted by Crippen LogP contribution is 2.28. The summed E-state index contributed by atoms with van der Waals surface area (Å²) in [5.41, 5.74) is 3.95. The number of fused-ring (bicyclic) bond motifs is 1. The molecule has 1 aliphatic rings. The lowest BCUT2D eigenvalue weighted by molar-refractivity contribution is -0.120. The van der Waals surface area contributed by atoms with Crippen LogP contribution in [0, 0.1) is 6.92 Å². The van der Waals surface area contributed by atoms with Crippen LogP contribution in [0.15, 0.2) is 66.7 Å². The summed E-state index contributed by atoms with van der Waals surface area (Å²) in [5, 5.41) is 3.40. The molecule has 0 atom stereocenters. The van der Waals surface area contributed by atoms with Crippen molar-refractivity contribution in [2.75, 3.05) is 23.4 Å². The number of amides is 2. The molecule has 0 saturated carbocycles. The summed E-state index contributed by atoms with van der Waals surface area (Å²) in [4.78, 5) is 27.2. The number of nitrogens with one attached hydrogen (secondary N) is 1. The Hall–Kier alpha value is -3.31. The highest BCUT2D eigenvalue weighted by molar-refractivity contribution is 6.31. The minimum absolute atomic E-state index is 0.138. The van der Waals surface area contributed by atoms with Gasteiger partial charge in [-0.05, 0) is 54.8 Å². The van der Waals surface area contributed by atoms with Gasteiger partial charge < -0.3 is 15.0 Å². The molecule has 1 aliphatic heterocycles. The lowest BCUT2D eigenvalue weighted by Crippen LogP contribution is -2.33. The van der Waals surface area contributed by atoms with E-state index in [0.29, 0.717) is 28.6 Å². The lowest BCUT2D eigenvalue weighted by atomic mass is 10.1. The zero-order valence-electron chi connectivity index (χ0n) is 16.5. The van der Waals surface area contributed by atoms with Gasteiger partial charge in [0, 0.05) is 22.9 Å². The van der Waals surface area contributed by atoms with Crippen molar-refractivity contribution in [2.45, 2.75) is 13.3 Å². The van der Waals surface area contributed by atoms with Crippen LogP contribution in [0.3, 0.4) is 0 Å². The third-order valence-electron chi connectivity index (χ3n) is 5.10. The summed E-state index contributed by atoms with van der Waals surface area (Å²) in [5.74, 6) is -0.112. The quantitative estimate of drug-likeness (QED) is 0.640. The van der Waals surface area contributed by atoms with Crippen LogP contribution in [0.4, 0.5) is 11.4 Å². The average molecular weight is 421 g/mol. The fourth-order valence-corrected chi connectivity index (χ4v) is 3.64. The normalized spacial score (nSPS) is 12.4. The molecule has 0 saturated heterocycles. The van der Waals surface area contributed by atoms with E-state index in [-0.39, 0.29) is 18.4 Å². The first-order valence-electron chi connectivity index (χ1n) is 9.70. The molecule has 2 amide bonds. The number of benzene rings is 3. The SMILES string of the molecule is Cc1ccc(NC(=O)c2ccccc2OCC(=O)N2CCc3ccccc32)cc1Cl. The Morgan fingerprint density at radius 2 is 1.83 bits per heavy atom. The number of rotatable bonds is 5. The fraction of sp³-hybridized carbons (Fsp3) is 0.167. The molecule has 5 nitrogen and oxygen atoms in total. The van der Waals surface area contributed by atoms with Crippen LogP contribution in [0.5, 0.6) is 5.75 Å². The number of nitrogens with zero attached hydrogens (tertiary/aromatic N) is 1. The third-order valence-corrected chi connectivity index (χ3v) is 5.51. The Morgan fingerprint density at radius 3 is 2.67 bits per heavy atom. The van der Waals surface area contributed by atoms with Gasteiger partial charge in [0.15, 0.2) is 6.61 Å². The van der Waals surface area contributed by atoms with Gasteiger partial charge in [-0.1, -0.05) is 48.0 Å². The molecule has 0 fully saturated rings. The molecule has 3 aromatic carbocycles. The summed E-state index contributed by atoms with van der Waals surface area (Å²) < 4.78 is 5.75. The van der Waals surface area contributed by atoms with Gasteiger partial charge in [0.2, 0.25) is 0 Å². The number of hydrogen-bond donors (Lipinski definition) is 1. The van der Waals surface area contributed by atoms with E-state index in [0.717, 1.165) is 23.2 Å². The molecule has 30 heavy (non-hydrogen) atoms. The number of para-hydroxylation sites is 2. The summed E-state index contributed by atoms with van der Waals surface area (Å²) in [6, 6.07) is 20.1. The van der Waals surface area contributed by atoms with Crippen molar-refractivity contribution >= 4 is 34.8 Å². The van der Waals surface area contributed by atoms with Crippen molar-refractivity contribution in [3.05, 3.63) is 88.4 Å². The first kappa shape index (κ1) is 20.0. The minimum Gasteiger partial charge on any atom is -0.483 e. The van der Waals surface area contributed by atoms with Crippen molar-refractivity contribution in [3.8, 4) is 5.75 Å². The van der Waals surface area contributed by atoms with Crippen LogP contribution in [0.1, 0.15) is 21.5 Å². The molecule has 0 bridgehead atoms. The summed E-state index contributed by atoms with van der Waals surface area (Å²) in [7, 11) is 0. The number of hydrogen-bond acceptors (Lipinski definition) is 3. The van der Waals surface area contributed by atoms with E-state index in [1.54, 1.807) is 41.3 Å². The van der Waals surface area contributed by atoms with Crippen LogP contribution in [-0.4, -0.2) is 25.0 Å². The van der Waals surface area contributed by atoms with E-state index in [1.807, 2.05) is 37.3 Å². The minimum atomic E-state index is -0.329. The Labute approximate surface area is 180 Å². The second-order valence-corrected chi connectivity index (χ2v) is 7.53. The molecular formula is C24H21ClN2O3. The molecule has 0 spiro atoms.